The first-order valence-electron chi connectivity index (χ1n) is 7.01. The average molecular weight is 256 g/mol. The zero-order valence-electron chi connectivity index (χ0n) is 12.4. The molecule has 0 radical (unpaired) electrons. The molecule has 0 saturated carbocycles. The Hall–Kier alpha value is -1.41. The van der Waals surface area contributed by atoms with Gasteiger partial charge in [0.15, 0.2) is 0 Å². The van der Waals surface area contributed by atoms with Gasteiger partial charge in [-0.25, -0.2) is 0 Å². The predicted molar refractivity (Wildman–Crippen MR) is 82.1 cm³/mol. The molecule has 0 fully saturated rings. The van der Waals surface area contributed by atoms with Crippen LogP contribution in [-0.4, -0.2) is 11.5 Å². The quantitative estimate of drug-likeness (QED) is 0.894. The van der Waals surface area contributed by atoms with Crippen LogP contribution in [0.2, 0.25) is 0 Å². The van der Waals surface area contributed by atoms with Gasteiger partial charge < -0.3 is 5.32 Å². The van der Waals surface area contributed by atoms with Gasteiger partial charge in [-0.2, -0.15) is 0 Å². The molecule has 0 aliphatic heterocycles. The second-order valence-electron chi connectivity index (χ2n) is 6.43. The van der Waals surface area contributed by atoms with Crippen LogP contribution >= 0.6 is 0 Å². The average Bonchev–Trinajstić information content (AvgIpc) is 2.37. The number of fused-ring (bicyclic) bond motifs is 1. The van der Waals surface area contributed by atoms with E-state index in [9.17, 15) is 0 Å². The zero-order chi connectivity index (χ0) is 13.9. The molecule has 0 bridgehead atoms. The van der Waals surface area contributed by atoms with E-state index in [1.165, 1.54) is 10.9 Å². The van der Waals surface area contributed by atoms with Crippen LogP contribution in [0.4, 0.5) is 0 Å². The van der Waals surface area contributed by atoms with Gasteiger partial charge >= 0.3 is 0 Å². The molecule has 102 valence electrons. The lowest BCUT2D eigenvalue weighted by Crippen LogP contribution is -2.29. The summed E-state index contributed by atoms with van der Waals surface area (Å²) in [4.78, 5) is 4.34. The molecule has 2 nitrogen and oxygen atoms in total. The van der Waals surface area contributed by atoms with Crippen molar-refractivity contribution in [2.75, 3.05) is 6.54 Å². The Morgan fingerprint density at radius 2 is 2.00 bits per heavy atom. The number of aromatic nitrogens is 1. The third-order valence-electron chi connectivity index (χ3n) is 3.93. The highest BCUT2D eigenvalue weighted by Crippen LogP contribution is 2.24. The van der Waals surface area contributed by atoms with Gasteiger partial charge in [0.1, 0.15) is 0 Å². The number of benzene rings is 1. The molecule has 0 aliphatic carbocycles. The molecular formula is C17H24N2. The summed E-state index contributed by atoms with van der Waals surface area (Å²) in [6, 6.07) is 10.6. The van der Waals surface area contributed by atoms with Crippen LogP contribution in [0, 0.1) is 11.3 Å². The Morgan fingerprint density at radius 3 is 2.74 bits per heavy atom. The molecule has 0 amide bonds. The minimum absolute atomic E-state index is 0.361. The Bertz CT molecular complexity index is 540. The van der Waals surface area contributed by atoms with Crippen molar-refractivity contribution in [3.8, 4) is 0 Å². The van der Waals surface area contributed by atoms with Crippen molar-refractivity contribution < 1.29 is 0 Å². The Labute approximate surface area is 116 Å². The summed E-state index contributed by atoms with van der Waals surface area (Å²) in [5.74, 6) is 0.662. The van der Waals surface area contributed by atoms with Crippen LogP contribution in [0.5, 0.6) is 0 Å². The van der Waals surface area contributed by atoms with E-state index in [0.717, 1.165) is 18.6 Å². The maximum Gasteiger partial charge on any atom is 0.0702 e. The number of nitrogens with one attached hydrogen (secondary N) is 1. The van der Waals surface area contributed by atoms with Crippen molar-refractivity contribution >= 4 is 10.9 Å². The van der Waals surface area contributed by atoms with Gasteiger partial charge in [-0.3, -0.25) is 4.98 Å². The molecule has 1 aromatic heterocycles. The van der Waals surface area contributed by atoms with Gasteiger partial charge in [0.25, 0.3) is 0 Å². The Balaban J connectivity index is 1.95. The fourth-order valence-electron chi connectivity index (χ4n) is 1.97. The van der Waals surface area contributed by atoms with E-state index in [1.54, 1.807) is 0 Å². The maximum absolute atomic E-state index is 4.34. The highest BCUT2D eigenvalue weighted by atomic mass is 14.9. The van der Waals surface area contributed by atoms with Crippen molar-refractivity contribution in [2.45, 2.75) is 34.2 Å². The first-order chi connectivity index (χ1) is 8.97. The Kier molecular flexibility index (Phi) is 4.20. The largest absolute Gasteiger partial charge is 0.312 e. The van der Waals surface area contributed by atoms with Crippen LogP contribution in [-0.2, 0) is 6.54 Å². The number of nitrogens with zero attached hydrogens (tertiary/aromatic N) is 1. The number of hydrogen-bond donors (Lipinski definition) is 1. The summed E-state index contributed by atoms with van der Waals surface area (Å²) in [6.07, 6.45) is 1.84. The third-order valence-corrected chi connectivity index (χ3v) is 3.93. The first kappa shape index (κ1) is 14.0. The fourth-order valence-corrected chi connectivity index (χ4v) is 1.97. The summed E-state index contributed by atoms with van der Waals surface area (Å²) in [5.41, 5.74) is 2.75. The van der Waals surface area contributed by atoms with Crippen LogP contribution in [0.25, 0.3) is 10.9 Å². The molecule has 19 heavy (non-hydrogen) atoms. The van der Waals surface area contributed by atoms with Crippen LogP contribution < -0.4 is 5.32 Å². The van der Waals surface area contributed by atoms with E-state index >= 15 is 0 Å². The van der Waals surface area contributed by atoms with E-state index in [2.05, 4.69) is 62.3 Å². The molecule has 1 heterocycles. The van der Waals surface area contributed by atoms with Gasteiger partial charge in [-0.15, -0.1) is 0 Å². The van der Waals surface area contributed by atoms with Crippen molar-refractivity contribution in [3.63, 3.8) is 0 Å². The second-order valence-corrected chi connectivity index (χ2v) is 6.43. The maximum atomic E-state index is 4.34. The SMILES string of the molecule is CC(CNCc1ccc2ncccc2c1)C(C)(C)C. The number of hydrogen-bond acceptors (Lipinski definition) is 2. The highest BCUT2D eigenvalue weighted by molar-refractivity contribution is 5.78. The standard InChI is InChI=1S/C17H24N2/c1-13(17(2,3)4)11-18-12-14-7-8-16-15(10-14)6-5-9-19-16/h5-10,13,18H,11-12H2,1-4H3. The van der Waals surface area contributed by atoms with Gasteiger partial charge in [0, 0.05) is 18.1 Å². The molecule has 0 spiro atoms. The second kappa shape index (κ2) is 5.70. The summed E-state index contributed by atoms with van der Waals surface area (Å²) in [6.45, 7) is 11.2. The van der Waals surface area contributed by atoms with E-state index in [-0.39, 0.29) is 0 Å². The molecule has 0 aliphatic rings. The lowest BCUT2D eigenvalue weighted by molar-refractivity contribution is 0.252. The summed E-state index contributed by atoms with van der Waals surface area (Å²) < 4.78 is 0. The molecule has 2 heteroatoms. The molecule has 2 rings (SSSR count). The Morgan fingerprint density at radius 1 is 1.21 bits per heavy atom. The third kappa shape index (κ3) is 3.77. The summed E-state index contributed by atoms with van der Waals surface area (Å²) in [7, 11) is 0. The molecule has 1 unspecified atom stereocenters. The van der Waals surface area contributed by atoms with Gasteiger partial charge in [0.05, 0.1) is 5.52 Å². The van der Waals surface area contributed by atoms with Gasteiger partial charge in [0.2, 0.25) is 0 Å². The van der Waals surface area contributed by atoms with Crippen LogP contribution in [0.3, 0.4) is 0 Å². The zero-order valence-corrected chi connectivity index (χ0v) is 12.4. The van der Waals surface area contributed by atoms with E-state index in [4.69, 9.17) is 0 Å². The van der Waals surface area contributed by atoms with Crippen molar-refractivity contribution in [2.24, 2.45) is 11.3 Å². The van der Waals surface area contributed by atoms with Crippen molar-refractivity contribution in [3.05, 3.63) is 42.1 Å². The van der Waals surface area contributed by atoms with Crippen LogP contribution in [0.1, 0.15) is 33.3 Å². The monoisotopic (exact) mass is 256 g/mol. The summed E-state index contributed by atoms with van der Waals surface area (Å²) >= 11 is 0. The molecular weight excluding hydrogens is 232 g/mol. The lowest BCUT2D eigenvalue weighted by Gasteiger charge is -2.27. The molecule has 0 saturated heterocycles. The van der Waals surface area contributed by atoms with E-state index in [1.807, 2.05) is 12.3 Å². The highest BCUT2D eigenvalue weighted by Gasteiger charge is 2.19. The van der Waals surface area contributed by atoms with Crippen molar-refractivity contribution in [1.82, 2.24) is 10.3 Å². The van der Waals surface area contributed by atoms with Gasteiger partial charge in [-0.1, -0.05) is 39.8 Å². The minimum Gasteiger partial charge on any atom is -0.312 e. The van der Waals surface area contributed by atoms with Crippen LogP contribution in [0.15, 0.2) is 36.5 Å². The first-order valence-corrected chi connectivity index (χ1v) is 7.01. The normalized spacial score (nSPS) is 13.7. The van der Waals surface area contributed by atoms with Crippen molar-refractivity contribution in [1.29, 1.82) is 0 Å². The smallest absolute Gasteiger partial charge is 0.0702 e. The number of pyridine rings is 1. The van der Waals surface area contributed by atoms with Gasteiger partial charge in [-0.05, 0) is 41.6 Å². The van der Waals surface area contributed by atoms with E-state index in [0.29, 0.717) is 11.3 Å². The fraction of sp³-hybridized carbons (Fsp3) is 0.471. The topological polar surface area (TPSA) is 24.9 Å². The lowest BCUT2D eigenvalue weighted by atomic mass is 9.82. The molecule has 1 aromatic carbocycles. The molecule has 1 atom stereocenters. The molecule has 2 aromatic rings. The number of rotatable bonds is 4. The summed E-state index contributed by atoms with van der Waals surface area (Å²) in [5, 5.41) is 4.77. The minimum atomic E-state index is 0.361. The molecule has 1 N–H and O–H groups in total. The predicted octanol–water partition coefficient (Wildman–Crippen LogP) is 4.01. The van der Waals surface area contributed by atoms with E-state index < -0.39 is 0 Å².